The lowest BCUT2D eigenvalue weighted by Gasteiger charge is -2.22. The summed E-state index contributed by atoms with van der Waals surface area (Å²) in [5, 5.41) is 11.7. The van der Waals surface area contributed by atoms with Gasteiger partial charge >= 0.3 is 6.18 Å². The molecule has 0 saturated heterocycles. The largest absolute Gasteiger partial charge is 0.417 e. The van der Waals surface area contributed by atoms with Gasteiger partial charge in [0.2, 0.25) is 5.91 Å². The fourth-order valence-electron chi connectivity index (χ4n) is 2.53. The molecule has 0 atom stereocenters. The molecule has 2 rings (SSSR count). The smallest absolute Gasteiger partial charge is 0.336 e. The minimum Gasteiger partial charge on any atom is -0.336 e. The summed E-state index contributed by atoms with van der Waals surface area (Å²) in [5.74, 6) is -0.648. The predicted octanol–water partition coefficient (Wildman–Crippen LogP) is 1.82. The van der Waals surface area contributed by atoms with E-state index in [4.69, 9.17) is 5.26 Å². The molecular formula is C14H14F3N3O2. The zero-order valence-electron chi connectivity index (χ0n) is 11.6. The van der Waals surface area contributed by atoms with E-state index in [0.717, 1.165) is 18.9 Å². The quantitative estimate of drug-likeness (QED) is 0.925. The van der Waals surface area contributed by atoms with E-state index in [2.05, 4.69) is 5.32 Å². The highest BCUT2D eigenvalue weighted by Gasteiger charge is 2.35. The molecule has 5 nitrogen and oxygen atoms in total. The molecule has 1 heterocycles. The molecule has 0 bridgehead atoms. The maximum atomic E-state index is 12.6. The van der Waals surface area contributed by atoms with Crippen molar-refractivity contribution in [2.45, 2.75) is 43.9 Å². The molecule has 1 saturated carbocycles. The van der Waals surface area contributed by atoms with Gasteiger partial charge in [0, 0.05) is 12.3 Å². The molecule has 1 aliphatic carbocycles. The van der Waals surface area contributed by atoms with Crippen LogP contribution in [0.4, 0.5) is 13.2 Å². The Hall–Kier alpha value is -2.30. The molecule has 1 fully saturated rings. The minimum absolute atomic E-state index is 0.507. The van der Waals surface area contributed by atoms with Crippen LogP contribution in [0.15, 0.2) is 23.1 Å². The second kappa shape index (κ2) is 5.83. The second-order valence-electron chi connectivity index (χ2n) is 5.33. The zero-order chi connectivity index (χ0) is 16.4. The third-order valence-electron chi connectivity index (χ3n) is 3.67. The Labute approximate surface area is 124 Å². The molecule has 1 N–H and O–H groups in total. The summed E-state index contributed by atoms with van der Waals surface area (Å²) in [4.78, 5) is 23.5. The van der Waals surface area contributed by atoms with E-state index in [1.807, 2.05) is 6.07 Å². The van der Waals surface area contributed by atoms with Gasteiger partial charge in [-0.1, -0.05) is 0 Å². The van der Waals surface area contributed by atoms with E-state index in [9.17, 15) is 22.8 Å². The molecule has 1 aliphatic rings. The van der Waals surface area contributed by atoms with Crippen LogP contribution in [0.5, 0.6) is 0 Å². The summed E-state index contributed by atoms with van der Waals surface area (Å²) < 4.78 is 38.6. The number of pyridine rings is 1. The maximum absolute atomic E-state index is 12.6. The molecule has 1 aromatic rings. The summed E-state index contributed by atoms with van der Waals surface area (Å²) in [5.41, 5.74) is -2.68. The molecular weight excluding hydrogens is 299 g/mol. The van der Waals surface area contributed by atoms with Crippen molar-refractivity contribution in [2.24, 2.45) is 0 Å². The number of carbonyl (C=O) groups is 1. The molecule has 0 aliphatic heterocycles. The van der Waals surface area contributed by atoms with Crippen molar-refractivity contribution in [2.75, 3.05) is 0 Å². The Kier molecular flexibility index (Phi) is 4.26. The molecule has 0 aromatic carbocycles. The van der Waals surface area contributed by atoms with Crippen LogP contribution in [0, 0.1) is 11.3 Å². The summed E-state index contributed by atoms with van der Waals surface area (Å²) in [6.45, 7) is -0.549. The lowest BCUT2D eigenvalue weighted by Crippen LogP contribution is -2.47. The van der Waals surface area contributed by atoms with Gasteiger partial charge < -0.3 is 9.88 Å². The number of hydrogen-bond donors (Lipinski definition) is 1. The van der Waals surface area contributed by atoms with Gasteiger partial charge in [-0.3, -0.25) is 9.59 Å². The summed E-state index contributed by atoms with van der Waals surface area (Å²) >= 11 is 0. The topological polar surface area (TPSA) is 74.9 Å². The fraction of sp³-hybridized carbons (Fsp3) is 0.500. The Bertz CT molecular complexity index is 667. The van der Waals surface area contributed by atoms with Crippen LogP contribution >= 0.6 is 0 Å². The van der Waals surface area contributed by atoms with Crippen molar-refractivity contribution >= 4 is 5.91 Å². The van der Waals surface area contributed by atoms with Gasteiger partial charge in [0.1, 0.15) is 12.1 Å². The highest BCUT2D eigenvalue weighted by molar-refractivity contribution is 5.77. The number of alkyl halides is 3. The van der Waals surface area contributed by atoms with Gasteiger partial charge in [-0.05, 0) is 31.7 Å². The molecule has 0 unspecified atom stereocenters. The molecule has 22 heavy (non-hydrogen) atoms. The highest BCUT2D eigenvalue weighted by Crippen LogP contribution is 2.29. The standard InChI is InChI=1S/C14H14F3N3O2/c15-14(16,17)10-3-4-12(22)20(7-10)8-11(21)19-13(9-18)5-1-2-6-13/h3-4,7H,1-2,5-6,8H2,(H,19,21). The number of aromatic nitrogens is 1. The first kappa shape index (κ1) is 16.1. The number of nitriles is 1. The predicted molar refractivity (Wildman–Crippen MR) is 70.7 cm³/mol. The van der Waals surface area contributed by atoms with E-state index >= 15 is 0 Å². The number of amides is 1. The molecule has 1 aromatic heterocycles. The van der Waals surface area contributed by atoms with E-state index in [1.165, 1.54) is 0 Å². The molecule has 0 spiro atoms. The SMILES string of the molecule is N#CC1(NC(=O)Cn2cc(C(F)(F)F)ccc2=O)CCCC1. The summed E-state index contributed by atoms with van der Waals surface area (Å²) in [6, 6.07) is 3.49. The first-order valence-corrected chi connectivity index (χ1v) is 6.76. The summed E-state index contributed by atoms with van der Waals surface area (Å²) in [7, 11) is 0. The average Bonchev–Trinajstić information content (AvgIpc) is 2.89. The normalized spacial score (nSPS) is 17.0. The lowest BCUT2D eigenvalue weighted by atomic mass is 10.00. The van der Waals surface area contributed by atoms with Crippen molar-refractivity contribution in [1.82, 2.24) is 9.88 Å². The monoisotopic (exact) mass is 313 g/mol. The first-order valence-electron chi connectivity index (χ1n) is 6.76. The van der Waals surface area contributed by atoms with Crippen LogP contribution in [-0.2, 0) is 17.5 Å². The minimum atomic E-state index is -4.59. The number of rotatable bonds is 3. The van der Waals surface area contributed by atoms with E-state index in [1.54, 1.807) is 0 Å². The van der Waals surface area contributed by atoms with Crippen molar-refractivity contribution < 1.29 is 18.0 Å². The van der Waals surface area contributed by atoms with Gasteiger partial charge in [-0.15, -0.1) is 0 Å². The Morgan fingerprint density at radius 2 is 2.00 bits per heavy atom. The molecule has 1 amide bonds. The van der Waals surface area contributed by atoms with Gasteiger partial charge in [0.05, 0.1) is 11.6 Å². The number of hydrogen-bond acceptors (Lipinski definition) is 3. The molecule has 0 radical (unpaired) electrons. The first-order chi connectivity index (χ1) is 10.3. The highest BCUT2D eigenvalue weighted by atomic mass is 19.4. The molecule has 118 valence electrons. The van der Waals surface area contributed by atoms with Crippen molar-refractivity contribution in [1.29, 1.82) is 5.26 Å². The summed E-state index contributed by atoms with van der Waals surface area (Å²) in [6.07, 6.45) is -1.37. The third kappa shape index (κ3) is 3.47. The van der Waals surface area contributed by atoms with Crippen LogP contribution in [0.1, 0.15) is 31.2 Å². The van der Waals surface area contributed by atoms with Gasteiger partial charge in [0.15, 0.2) is 0 Å². The number of nitrogens with one attached hydrogen (secondary N) is 1. The van der Waals surface area contributed by atoms with Crippen LogP contribution in [0.25, 0.3) is 0 Å². The molecule has 8 heteroatoms. The van der Waals surface area contributed by atoms with Crippen molar-refractivity contribution in [3.63, 3.8) is 0 Å². The van der Waals surface area contributed by atoms with E-state index in [-0.39, 0.29) is 0 Å². The number of carbonyl (C=O) groups excluding carboxylic acids is 1. The van der Waals surface area contributed by atoms with Crippen molar-refractivity contribution in [3.05, 3.63) is 34.2 Å². The van der Waals surface area contributed by atoms with Gasteiger partial charge in [-0.25, -0.2) is 0 Å². The Morgan fingerprint density at radius 3 is 2.55 bits per heavy atom. The van der Waals surface area contributed by atoms with Gasteiger partial charge in [-0.2, -0.15) is 18.4 Å². The fourth-order valence-corrected chi connectivity index (χ4v) is 2.53. The lowest BCUT2D eigenvalue weighted by molar-refractivity contribution is -0.138. The van der Waals surface area contributed by atoms with Crippen LogP contribution < -0.4 is 10.9 Å². The number of nitrogens with zero attached hydrogens (tertiary/aromatic N) is 2. The van der Waals surface area contributed by atoms with Crippen molar-refractivity contribution in [3.8, 4) is 6.07 Å². The van der Waals surface area contributed by atoms with Crippen LogP contribution in [0.2, 0.25) is 0 Å². The van der Waals surface area contributed by atoms with E-state index < -0.39 is 35.3 Å². The van der Waals surface area contributed by atoms with Crippen LogP contribution in [0.3, 0.4) is 0 Å². The Balaban J connectivity index is 2.15. The average molecular weight is 313 g/mol. The number of halogens is 3. The van der Waals surface area contributed by atoms with E-state index in [0.29, 0.717) is 29.7 Å². The third-order valence-corrected chi connectivity index (χ3v) is 3.67. The maximum Gasteiger partial charge on any atom is 0.417 e. The zero-order valence-corrected chi connectivity index (χ0v) is 11.6. The van der Waals surface area contributed by atoms with Crippen LogP contribution in [-0.4, -0.2) is 16.0 Å². The van der Waals surface area contributed by atoms with Gasteiger partial charge in [0.25, 0.3) is 5.56 Å². The Morgan fingerprint density at radius 1 is 1.36 bits per heavy atom. The second-order valence-corrected chi connectivity index (χ2v) is 5.33.